The molecule has 1 N–H and O–H groups in total. The molecule has 2 aliphatic heterocycles. The zero-order valence-corrected chi connectivity index (χ0v) is 18.5. The summed E-state index contributed by atoms with van der Waals surface area (Å²) >= 11 is 0. The molecule has 0 unspecified atom stereocenters. The number of terminal acetylenes is 1. The predicted molar refractivity (Wildman–Crippen MR) is 123 cm³/mol. The van der Waals surface area contributed by atoms with E-state index < -0.39 is 23.6 Å². The quantitative estimate of drug-likeness (QED) is 0.544. The van der Waals surface area contributed by atoms with Crippen molar-refractivity contribution in [2.45, 2.75) is 50.6 Å². The Kier molecular flexibility index (Phi) is 5.67. The van der Waals surface area contributed by atoms with E-state index in [4.69, 9.17) is 11.2 Å². The highest BCUT2D eigenvalue weighted by molar-refractivity contribution is 5.95. The summed E-state index contributed by atoms with van der Waals surface area (Å²) in [6.07, 6.45) is 8.75. The minimum absolute atomic E-state index is 0.156. The van der Waals surface area contributed by atoms with E-state index in [2.05, 4.69) is 30.0 Å². The number of aromatic amines is 1. The van der Waals surface area contributed by atoms with Gasteiger partial charge in [-0.3, -0.25) is 4.79 Å². The molecule has 0 radical (unpaired) electrons. The van der Waals surface area contributed by atoms with Gasteiger partial charge in [-0.25, -0.2) is 8.78 Å². The van der Waals surface area contributed by atoms with E-state index in [9.17, 15) is 13.6 Å². The monoisotopic (exact) mass is 448 g/mol. The number of nitrogens with zero attached hydrogens (tertiary/aromatic N) is 1. The van der Waals surface area contributed by atoms with Gasteiger partial charge in [-0.1, -0.05) is 44.0 Å². The Morgan fingerprint density at radius 2 is 1.94 bits per heavy atom. The minimum atomic E-state index is -0.640. The van der Waals surface area contributed by atoms with Crippen molar-refractivity contribution in [1.29, 1.82) is 0 Å². The maximum absolute atomic E-state index is 14.7. The van der Waals surface area contributed by atoms with Crippen molar-refractivity contribution in [3.63, 3.8) is 0 Å². The summed E-state index contributed by atoms with van der Waals surface area (Å²) in [5.74, 6) is 1.03. The molecule has 0 saturated carbocycles. The Hall–Kier alpha value is -3.17. The van der Waals surface area contributed by atoms with E-state index in [0.717, 1.165) is 36.5 Å². The zero-order chi connectivity index (χ0) is 23.1. The Morgan fingerprint density at radius 3 is 2.58 bits per heavy atom. The van der Waals surface area contributed by atoms with Gasteiger partial charge in [0, 0.05) is 29.1 Å². The fourth-order valence-corrected chi connectivity index (χ4v) is 5.18. The van der Waals surface area contributed by atoms with E-state index in [1.807, 2.05) is 12.1 Å². The molecule has 1 fully saturated rings. The summed E-state index contributed by atoms with van der Waals surface area (Å²) in [5.41, 5.74) is 3.89. The molecule has 0 aliphatic carbocycles. The number of fused-ring (bicyclic) bond motifs is 3. The summed E-state index contributed by atoms with van der Waals surface area (Å²) in [4.78, 5) is 18.0. The molecule has 170 valence electrons. The number of rotatable bonds is 5. The van der Waals surface area contributed by atoms with E-state index in [1.54, 1.807) is 4.90 Å². The number of nitrogens with one attached hydrogen (secondary N) is 1. The second-order valence-corrected chi connectivity index (χ2v) is 8.99. The van der Waals surface area contributed by atoms with E-state index in [0.29, 0.717) is 36.6 Å². The van der Waals surface area contributed by atoms with Crippen LogP contribution in [-0.4, -0.2) is 35.0 Å². The maximum atomic E-state index is 14.7. The van der Waals surface area contributed by atoms with Crippen molar-refractivity contribution in [3.8, 4) is 12.3 Å². The van der Waals surface area contributed by atoms with Crippen LogP contribution in [0, 0.1) is 24.0 Å². The van der Waals surface area contributed by atoms with Crippen LogP contribution in [0.2, 0.25) is 0 Å². The van der Waals surface area contributed by atoms with Gasteiger partial charge in [0.1, 0.15) is 11.6 Å². The van der Waals surface area contributed by atoms with Gasteiger partial charge in [-0.15, -0.1) is 6.42 Å². The Labute approximate surface area is 191 Å². The number of ether oxygens (including phenoxy) is 1. The normalized spacial score (nSPS) is 20.4. The summed E-state index contributed by atoms with van der Waals surface area (Å²) in [7, 11) is 0. The van der Waals surface area contributed by atoms with Crippen molar-refractivity contribution in [3.05, 3.63) is 70.4 Å². The van der Waals surface area contributed by atoms with Crippen LogP contribution in [0.25, 0.3) is 10.9 Å². The van der Waals surface area contributed by atoms with E-state index in [-0.39, 0.29) is 11.6 Å². The van der Waals surface area contributed by atoms with Crippen molar-refractivity contribution in [2.24, 2.45) is 0 Å². The van der Waals surface area contributed by atoms with Crippen molar-refractivity contribution in [2.75, 3.05) is 13.2 Å². The van der Waals surface area contributed by atoms with Crippen molar-refractivity contribution in [1.82, 2.24) is 9.88 Å². The van der Waals surface area contributed by atoms with Crippen LogP contribution < -0.4 is 0 Å². The van der Waals surface area contributed by atoms with Crippen LogP contribution in [0.15, 0.2) is 36.4 Å². The highest BCUT2D eigenvalue weighted by Gasteiger charge is 2.40. The lowest BCUT2D eigenvalue weighted by atomic mass is 9.85. The minimum Gasteiger partial charge on any atom is -0.380 e. The molecule has 1 amide bonds. The number of H-pyrrole nitrogens is 1. The molecule has 33 heavy (non-hydrogen) atoms. The number of amides is 1. The first-order valence-corrected chi connectivity index (χ1v) is 11.5. The van der Waals surface area contributed by atoms with Crippen LogP contribution in [0.5, 0.6) is 0 Å². The first-order chi connectivity index (χ1) is 16.0. The lowest BCUT2D eigenvalue weighted by Crippen LogP contribution is -2.47. The molecule has 2 aromatic carbocycles. The molecule has 3 aromatic rings. The molecule has 3 heterocycles. The lowest BCUT2D eigenvalue weighted by Gasteiger charge is -2.41. The Bertz CT molecular complexity index is 1240. The number of carbonyl (C=O) groups is 1. The van der Waals surface area contributed by atoms with Crippen LogP contribution in [0.1, 0.15) is 60.5 Å². The zero-order valence-electron chi connectivity index (χ0n) is 18.5. The fourth-order valence-electron chi connectivity index (χ4n) is 5.18. The number of benzene rings is 2. The van der Waals surface area contributed by atoms with Gasteiger partial charge in [-0.05, 0) is 41.5 Å². The summed E-state index contributed by atoms with van der Waals surface area (Å²) in [5, 5.41) is 0.532. The molecule has 0 spiro atoms. The highest BCUT2D eigenvalue weighted by Crippen LogP contribution is 2.43. The third-order valence-corrected chi connectivity index (χ3v) is 6.96. The predicted octanol–water partition coefficient (Wildman–Crippen LogP) is 5.23. The molecule has 0 bridgehead atoms. The first kappa shape index (κ1) is 21.7. The fraction of sp³-hybridized carbons (Fsp3) is 0.370. The smallest absolute Gasteiger partial charge is 0.299 e. The van der Waals surface area contributed by atoms with Crippen LogP contribution in [0.4, 0.5) is 8.78 Å². The molecule has 1 aromatic heterocycles. The Morgan fingerprint density at radius 1 is 1.21 bits per heavy atom. The number of hydrogen-bond acceptors (Lipinski definition) is 2. The van der Waals surface area contributed by atoms with Gasteiger partial charge in [0.2, 0.25) is 0 Å². The van der Waals surface area contributed by atoms with Gasteiger partial charge >= 0.3 is 0 Å². The third-order valence-electron chi connectivity index (χ3n) is 6.96. The van der Waals surface area contributed by atoms with Gasteiger partial charge < -0.3 is 14.6 Å². The number of unbranched alkanes of at least 4 members (excludes halogenated alkanes) is 1. The standard InChI is InChI=1S/C27H26F2N2O2/c1-3-5-6-20-13-22-21-11-19(28)12-23(29)25(21)30-26(22)27(31(20)24(32)4-2)17-9-7-16(8-10-17)18-14-33-15-18/h2,7-12,18,20,27,30H,3,5-6,13-15H2,1H3/t20-,27-/m0/s1. The topological polar surface area (TPSA) is 45.3 Å². The number of hydrogen-bond donors (Lipinski definition) is 1. The Balaban J connectivity index is 1.68. The largest absolute Gasteiger partial charge is 0.380 e. The lowest BCUT2D eigenvalue weighted by molar-refractivity contribution is -0.130. The maximum Gasteiger partial charge on any atom is 0.299 e. The van der Waals surface area contributed by atoms with Gasteiger partial charge in [0.05, 0.1) is 24.8 Å². The third kappa shape index (κ3) is 3.71. The molecule has 4 nitrogen and oxygen atoms in total. The molecule has 1 saturated heterocycles. The highest BCUT2D eigenvalue weighted by atomic mass is 19.1. The summed E-state index contributed by atoms with van der Waals surface area (Å²) in [6.45, 7) is 3.51. The van der Waals surface area contributed by atoms with Gasteiger partial charge in [-0.2, -0.15) is 0 Å². The molecule has 6 heteroatoms. The molecule has 5 rings (SSSR count). The second-order valence-electron chi connectivity index (χ2n) is 8.99. The SMILES string of the molecule is C#CC(=O)N1[C@@H](CCCC)Cc2c([nH]c3c(F)cc(F)cc23)[C@@H]1c1ccc(C2COC2)cc1. The average Bonchev–Trinajstić information content (AvgIpc) is 3.14. The number of halogens is 2. The van der Waals surface area contributed by atoms with Crippen LogP contribution in [0.3, 0.4) is 0 Å². The van der Waals surface area contributed by atoms with Crippen LogP contribution in [-0.2, 0) is 16.0 Å². The average molecular weight is 449 g/mol. The first-order valence-electron chi connectivity index (χ1n) is 11.5. The molecule has 2 atom stereocenters. The molecular formula is C27H26F2N2O2. The molecule has 2 aliphatic rings. The van der Waals surface area contributed by atoms with Crippen molar-refractivity contribution >= 4 is 16.8 Å². The number of carbonyl (C=O) groups excluding carboxylic acids is 1. The summed E-state index contributed by atoms with van der Waals surface area (Å²) in [6, 6.07) is 9.72. The van der Waals surface area contributed by atoms with Gasteiger partial charge in [0.15, 0.2) is 0 Å². The summed E-state index contributed by atoms with van der Waals surface area (Å²) < 4.78 is 34.1. The van der Waals surface area contributed by atoms with Gasteiger partial charge in [0.25, 0.3) is 5.91 Å². The van der Waals surface area contributed by atoms with E-state index >= 15 is 0 Å². The molecular weight excluding hydrogens is 422 g/mol. The van der Waals surface area contributed by atoms with Crippen molar-refractivity contribution < 1.29 is 18.3 Å². The number of aromatic nitrogens is 1. The second kappa shape index (κ2) is 8.64. The van der Waals surface area contributed by atoms with Crippen LogP contribution >= 0.6 is 0 Å². The van der Waals surface area contributed by atoms with E-state index in [1.165, 1.54) is 11.6 Å².